The van der Waals surface area contributed by atoms with Gasteiger partial charge in [0.05, 0.1) is 12.6 Å². The van der Waals surface area contributed by atoms with Crippen LogP contribution in [0, 0.1) is 5.92 Å². The van der Waals surface area contributed by atoms with Gasteiger partial charge in [0.25, 0.3) is 0 Å². The molecule has 14 heavy (non-hydrogen) atoms. The third-order valence-corrected chi connectivity index (χ3v) is 2.78. The average molecular weight is 197 g/mol. The van der Waals surface area contributed by atoms with E-state index in [1.807, 2.05) is 0 Å². The molecule has 0 aromatic carbocycles. The van der Waals surface area contributed by atoms with Crippen molar-refractivity contribution in [1.82, 2.24) is 5.32 Å². The second kappa shape index (κ2) is 6.07. The molecule has 0 saturated heterocycles. The predicted octanol–water partition coefficient (Wildman–Crippen LogP) is 2.70. The van der Waals surface area contributed by atoms with E-state index in [1.54, 1.807) is 0 Å². The summed E-state index contributed by atoms with van der Waals surface area (Å²) in [7, 11) is 0. The Morgan fingerprint density at radius 3 is 2.79 bits per heavy atom. The van der Waals surface area contributed by atoms with E-state index in [0.29, 0.717) is 12.0 Å². The monoisotopic (exact) mass is 197 g/mol. The Kier molecular flexibility index (Phi) is 5.02. The highest BCUT2D eigenvalue weighted by Crippen LogP contribution is 2.22. The number of rotatable bonds is 6. The number of hydrogen-bond acceptors (Lipinski definition) is 2. The molecule has 0 radical (unpaired) electrons. The average Bonchev–Trinajstić information content (AvgIpc) is 2.67. The lowest BCUT2D eigenvalue weighted by Gasteiger charge is -2.25. The van der Waals surface area contributed by atoms with Crippen LogP contribution >= 0.6 is 0 Å². The SMILES string of the molecule is CCCC(C)C(NCC)C1=CCCO1. The number of likely N-dealkylation sites (N-methyl/N-ethyl adjacent to an activating group) is 1. The summed E-state index contributed by atoms with van der Waals surface area (Å²) in [6, 6.07) is 0.433. The Morgan fingerprint density at radius 2 is 2.29 bits per heavy atom. The highest BCUT2D eigenvalue weighted by molar-refractivity contribution is 5.08. The zero-order valence-electron chi connectivity index (χ0n) is 9.68. The van der Waals surface area contributed by atoms with Gasteiger partial charge in [-0.1, -0.05) is 27.2 Å². The maximum absolute atomic E-state index is 5.63. The summed E-state index contributed by atoms with van der Waals surface area (Å²) in [6.07, 6.45) is 5.82. The molecule has 1 aliphatic heterocycles. The molecular formula is C12H23NO. The van der Waals surface area contributed by atoms with E-state index in [2.05, 4.69) is 32.2 Å². The molecule has 1 rings (SSSR count). The van der Waals surface area contributed by atoms with Crippen molar-refractivity contribution in [3.05, 3.63) is 11.8 Å². The fraction of sp³-hybridized carbons (Fsp3) is 0.833. The molecule has 0 saturated carbocycles. The molecule has 82 valence electrons. The van der Waals surface area contributed by atoms with E-state index in [0.717, 1.165) is 19.6 Å². The molecule has 1 N–H and O–H groups in total. The van der Waals surface area contributed by atoms with Crippen molar-refractivity contribution in [2.45, 2.75) is 46.1 Å². The molecule has 0 amide bonds. The van der Waals surface area contributed by atoms with Crippen molar-refractivity contribution >= 4 is 0 Å². The van der Waals surface area contributed by atoms with Gasteiger partial charge in [0, 0.05) is 6.42 Å². The van der Waals surface area contributed by atoms with Crippen molar-refractivity contribution < 1.29 is 4.74 Å². The van der Waals surface area contributed by atoms with Crippen LogP contribution < -0.4 is 5.32 Å². The van der Waals surface area contributed by atoms with Crippen LogP contribution in [0.2, 0.25) is 0 Å². The second-order valence-corrected chi connectivity index (χ2v) is 4.04. The minimum absolute atomic E-state index is 0.433. The number of ether oxygens (including phenoxy) is 1. The van der Waals surface area contributed by atoms with Crippen LogP contribution in [0.5, 0.6) is 0 Å². The molecule has 2 atom stereocenters. The van der Waals surface area contributed by atoms with Crippen LogP contribution in [-0.2, 0) is 4.74 Å². The van der Waals surface area contributed by atoms with Crippen molar-refractivity contribution in [1.29, 1.82) is 0 Å². The first-order valence-electron chi connectivity index (χ1n) is 5.85. The van der Waals surface area contributed by atoms with E-state index in [-0.39, 0.29) is 0 Å². The molecule has 0 spiro atoms. The molecule has 0 fully saturated rings. The summed E-state index contributed by atoms with van der Waals surface area (Å²) < 4.78 is 5.63. The van der Waals surface area contributed by atoms with E-state index in [1.165, 1.54) is 18.6 Å². The van der Waals surface area contributed by atoms with E-state index in [9.17, 15) is 0 Å². The first kappa shape index (κ1) is 11.6. The van der Waals surface area contributed by atoms with Gasteiger partial charge in [-0.15, -0.1) is 0 Å². The van der Waals surface area contributed by atoms with Crippen LogP contribution in [0.25, 0.3) is 0 Å². The Balaban J connectivity index is 2.52. The molecule has 2 nitrogen and oxygen atoms in total. The normalized spacial score (nSPS) is 20.1. The largest absolute Gasteiger partial charge is 0.496 e. The summed E-state index contributed by atoms with van der Waals surface area (Å²) >= 11 is 0. The van der Waals surface area contributed by atoms with Gasteiger partial charge in [-0.2, -0.15) is 0 Å². The number of hydrogen-bond donors (Lipinski definition) is 1. The summed E-state index contributed by atoms with van der Waals surface area (Å²) in [5, 5.41) is 3.52. The lowest BCUT2D eigenvalue weighted by atomic mass is 9.95. The summed E-state index contributed by atoms with van der Waals surface area (Å²) in [5.41, 5.74) is 0. The third-order valence-electron chi connectivity index (χ3n) is 2.78. The summed E-state index contributed by atoms with van der Waals surface area (Å²) in [4.78, 5) is 0. The van der Waals surface area contributed by atoms with Crippen LogP contribution in [0.1, 0.15) is 40.0 Å². The molecule has 1 heterocycles. The smallest absolute Gasteiger partial charge is 0.109 e. The zero-order chi connectivity index (χ0) is 10.4. The molecule has 0 bridgehead atoms. The molecule has 0 aromatic heterocycles. The van der Waals surface area contributed by atoms with Crippen LogP contribution in [0.4, 0.5) is 0 Å². The minimum Gasteiger partial charge on any atom is -0.496 e. The van der Waals surface area contributed by atoms with Gasteiger partial charge in [-0.3, -0.25) is 0 Å². The van der Waals surface area contributed by atoms with Crippen molar-refractivity contribution in [2.24, 2.45) is 5.92 Å². The lowest BCUT2D eigenvalue weighted by molar-refractivity contribution is 0.194. The molecule has 0 aromatic rings. The van der Waals surface area contributed by atoms with E-state index >= 15 is 0 Å². The highest BCUT2D eigenvalue weighted by Gasteiger charge is 2.23. The van der Waals surface area contributed by atoms with Crippen molar-refractivity contribution in [3.63, 3.8) is 0 Å². The predicted molar refractivity (Wildman–Crippen MR) is 60.2 cm³/mol. The Hall–Kier alpha value is -0.500. The van der Waals surface area contributed by atoms with Gasteiger partial charge in [0.2, 0.25) is 0 Å². The fourth-order valence-electron chi connectivity index (χ4n) is 2.08. The van der Waals surface area contributed by atoms with E-state index in [4.69, 9.17) is 4.74 Å². The van der Waals surface area contributed by atoms with Crippen LogP contribution in [0.3, 0.4) is 0 Å². The summed E-state index contributed by atoms with van der Waals surface area (Å²) in [6.45, 7) is 8.58. The highest BCUT2D eigenvalue weighted by atomic mass is 16.5. The molecule has 1 aliphatic rings. The molecular weight excluding hydrogens is 174 g/mol. The van der Waals surface area contributed by atoms with Crippen LogP contribution in [-0.4, -0.2) is 19.2 Å². The Labute approximate surface area is 87.7 Å². The fourth-order valence-corrected chi connectivity index (χ4v) is 2.08. The van der Waals surface area contributed by atoms with Gasteiger partial charge in [-0.05, 0) is 25.0 Å². The van der Waals surface area contributed by atoms with Gasteiger partial charge in [0.1, 0.15) is 5.76 Å². The van der Waals surface area contributed by atoms with Crippen molar-refractivity contribution in [2.75, 3.05) is 13.2 Å². The Bertz CT molecular complexity index is 189. The molecule has 2 heteroatoms. The van der Waals surface area contributed by atoms with Gasteiger partial charge in [-0.25, -0.2) is 0 Å². The standard InChI is InChI=1S/C12H23NO/c1-4-7-10(3)12(13-5-2)11-8-6-9-14-11/h8,10,12-13H,4-7,9H2,1-3H3. The van der Waals surface area contributed by atoms with E-state index < -0.39 is 0 Å². The lowest BCUT2D eigenvalue weighted by Crippen LogP contribution is -2.36. The Morgan fingerprint density at radius 1 is 1.50 bits per heavy atom. The van der Waals surface area contributed by atoms with Gasteiger partial charge in [0.15, 0.2) is 0 Å². The van der Waals surface area contributed by atoms with Gasteiger partial charge >= 0.3 is 0 Å². The first-order chi connectivity index (χ1) is 6.79. The quantitative estimate of drug-likeness (QED) is 0.707. The maximum atomic E-state index is 5.63. The zero-order valence-corrected chi connectivity index (χ0v) is 9.68. The summed E-state index contributed by atoms with van der Waals surface area (Å²) in [5.74, 6) is 1.84. The third kappa shape index (κ3) is 3.02. The second-order valence-electron chi connectivity index (χ2n) is 4.04. The topological polar surface area (TPSA) is 21.3 Å². The van der Waals surface area contributed by atoms with Crippen molar-refractivity contribution in [3.8, 4) is 0 Å². The molecule has 0 aliphatic carbocycles. The van der Waals surface area contributed by atoms with Gasteiger partial charge < -0.3 is 10.1 Å². The first-order valence-corrected chi connectivity index (χ1v) is 5.85. The maximum Gasteiger partial charge on any atom is 0.109 e. The van der Waals surface area contributed by atoms with Crippen LogP contribution in [0.15, 0.2) is 11.8 Å². The molecule has 2 unspecified atom stereocenters. The minimum atomic E-state index is 0.433. The number of nitrogens with one attached hydrogen (secondary N) is 1.